The van der Waals surface area contributed by atoms with E-state index in [-0.39, 0.29) is 30.2 Å². The van der Waals surface area contributed by atoms with Gasteiger partial charge in [-0.15, -0.1) is 0 Å². The van der Waals surface area contributed by atoms with Gasteiger partial charge in [-0.2, -0.15) is 0 Å². The lowest BCUT2D eigenvalue weighted by atomic mass is 10.1. The first-order valence-electron chi connectivity index (χ1n) is 7.31. The van der Waals surface area contributed by atoms with Gasteiger partial charge in [-0.25, -0.2) is 9.79 Å². The number of rotatable bonds is 6. The Hall–Kier alpha value is -3.09. The van der Waals surface area contributed by atoms with Crippen LogP contribution >= 0.6 is 0 Å². The van der Waals surface area contributed by atoms with Crippen molar-refractivity contribution < 1.29 is 24.2 Å². The van der Waals surface area contributed by atoms with E-state index in [1.807, 2.05) is 0 Å². The number of ether oxygens (including phenoxy) is 2. The molecule has 0 bridgehead atoms. The summed E-state index contributed by atoms with van der Waals surface area (Å²) in [6, 6.07) is 6.77. The predicted molar refractivity (Wildman–Crippen MR) is 88.5 cm³/mol. The third kappa shape index (κ3) is 4.01. The molecule has 1 aliphatic rings. The average Bonchev–Trinajstić information content (AvgIpc) is 2.81. The van der Waals surface area contributed by atoms with Crippen LogP contribution in [0.15, 0.2) is 46.3 Å². The van der Waals surface area contributed by atoms with Gasteiger partial charge in [-0.05, 0) is 37.6 Å². The van der Waals surface area contributed by atoms with Gasteiger partial charge in [0.15, 0.2) is 12.4 Å². The summed E-state index contributed by atoms with van der Waals surface area (Å²) in [7, 11) is 0. The molecule has 0 spiro atoms. The highest BCUT2D eigenvalue weighted by Crippen LogP contribution is 2.26. The molecule has 7 nitrogen and oxygen atoms in total. The van der Waals surface area contributed by atoms with Crippen LogP contribution < -0.4 is 10.5 Å². The molecule has 0 aliphatic carbocycles. The van der Waals surface area contributed by atoms with Crippen molar-refractivity contribution in [1.29, 1.82) is 0 Å². The first-order chi connectivity index (χ1) is 11.4. The highest BCUT2D eigenvalue weighted by Gasteiger charge is 2.27. The first-order valence-corrected chi connectivity index (χ1v) is 7.31. The van der Waals surface area contributed by atoms with Gasteiger partial charge in [0, 0.05) is 0 Å². The third-order valence-corrected chi connectivity index (χ3v) is 3.17. The van der Waals surface area contributed by atoms with Crippen molar-refractivity contribution in [2.24, 2.45) is 10.7 Å². The zero-order valence-corrected chi connectivity index (χ0v) is 13.4. The SMILES string of the molecule is CCOC(=O)C1=C(O)C(=Cc2ccc(OCC(N)=O)cc2)N=C1C. The minimum absolute atomic E-state index is 0.0736. The van der Waals surface area contributed by atoms with Crippen molar-refractivity contribution in [2.75, 3.05) is 13.2 Å². The minimum Gasteiger partial charge on any atom is -0.505 e. The lowest BCUT2D eigenvalue weighted by Gasteiger charge is -2.04. The standard InChI is InChI=1S/C17H18N2O5/c1-3-23-17(22)15-10(2)19-13(16(15)21)8-11-4-6-12(7-5-11)24-9-14(18)20/h4-8,21H,3,9H2,1-2H3,(H2,18,20). The molecule has 0 radical (unpaired) electrons. The zero-order chi connectivity index (χ0) is 17.7. The number of amides is 1. The van der Waals surface area contributed by atoms with E-state index in [9.17, 15) is 14.7 Å². The van der Waals surface area contributed by atoms with Crippen molar-refractivity contribution in [2.45, 2.75) is 13.8 Å². The minimum atomic E-state index is -0.602. The second kappa shape index (κ2) is 7.45. The molecule has 0 aromatic heterocycles. The summed E-state index contributed by atoms with van der Waals surface area (Å²) in [6.45, 7) is 3.34. The van der Waals surface area contributed by atoms with E-state index in [0.29, 0.717) is 11.5 Å². The maximum Gasteiger partial charge on any atom is 0.343 e. The molecular formula is C17H18N2O5. The van der Waals surface area contributed by atoms with Gasteiger partial charge in [-0.3, -0.25) is 4.79 Å². The number of aliphatic imine (C=N–C) groups is 1. The van der Waals surface area contributed by atoms with Crippen LogP contribution in [0.1, 0.15) is 19.4 Å². The summed E-state index contributed by atoms with van der Waals surface area (Å²) in [5.74, 6) is -0.873. The van der Waals surface area contributed by atoms with Gasteiger partial charge < -0.3 is 20.3 Å². The summed E-state index contributed by atoms with van der Waals surface area (Å²) in [4.78, 5) is 26.7. The Labute approximate surface area is 139 Å². The molecule has 0 unspecified atom stereocenters. The molecule has 0 saturated heterocycles. The number of nitrogens with zero attached hydrogens (tertiary/aromatic N) is 1. The molecule has 1 aromatic carbocycles. The molecule has 126 valence electrons. The fourth-order valence-corrected chi connectivity index (χ4v) is 2.11. The quantitative estimate of drug-likeness (QED) is 0.772. The lowest BCUT2D eigenvalue weighted by molar-refractivity contribution is -0.138. The summed E-state index contributed by atoms with van der Waals surface area (Å²) in [6.07, 6.45) is 1.63. The van der Waals surface area contributed by atoms with Gasteiger partial charge in [0.25, 0.3) is 5.91 Å². The van der Waals surface area contributed by atoms with Crippen LogP contribution in [-0.4, -0.2) is 35.9 Å². The molecule has 1 amide bonds. The molecule has 1 aromatic rings. The zero-order valence-electron chi connectivity index (χ0n) is 13.4. The topological polar surface area (TPSA) is 111 Å². The number of hydrogen-bond acceptors (Lipinski definition) is 6. The van der Waals surface area contributed by atoms with Crippen molar-refractivity contribution >= 4 is 23.7 Å². The van der Waals surface area contributed by atoms with E-state index >= 15 is 0 Å². The van der Waals surface area contributed by atoms with E-state index in [4.69, 9.17) is 15.2 Å². The van der Waals surface area contributed by atoms with E-state index in [2.05, 4.69) is 4.99 Å². The maximum atomic E-state index is 11.8. The van der Waals surface area contributed by atoms with Gasteiger partial charge in [0.05, 0.1) is 12.3 Å². The smallest absolute Gasteiger partial charge is 0.343 e. The van der Waals surface area contributed by atoms with E-state index in [1.54, 1.807) is 44.2 Å². The third-order valence-electron chi connectivity index (χ3n) is 3.17. The number of nitrogens with two attached hydrogens (primary N) is 1. The Morgan fingerprint density at radius 3 is 2.54 bits per heavy atom. The largest absolute Gasteiger partial charge is 0.505 e. The van der Waals surface area contributed by atoms with E-state index in [0.717, 1.165) is 5.56 Å². The van der Waals surface area contributed by atoms with Gasteiger partial charge in [0.1, 0.15) is 17.0 Å². The van der Waals surface area contributed by atoms with Crippen LogP contribution in [0.5, 0.6) is 5.75 Å². The normalized spacial score (nSPS) is 15.4. The number of carbonyl (C=O) groups is 2. The van der Waals surface area contributed by atoms with Crippen LogP contribution in [0, 0.1) is 0 Å². The van der Waals surface area contributed by atoms with Crippen molar-refractivity contribution in [3.8, 4) is 5.75 Å². The van der Waals surface area contributed by atoms with Crippen molar-refractivity contribution in [3.05, 3.63) is 46.9 Å². The predicted octanol–water partition coefficient (Wildman–Crippen LogP) is 1.74. The average molecular weight is 330 g/mol. The Kier molecular flexibility index (Phi) is 5.36. The monoisotopic (exact) mass is 330 g/mol. The lowest BCUT2D eigenvalue weighted by Crippen LogP contribution is -2.19. The maximum absolute atomic E-state index is 11.8. The fraction of sp³-hybridized carbons (Fsp3) is 0.235. The summed E-state index contributed by atoms with van der Waals surface area (Å²) < 4.78 is 10.1. The molecule has 0 saturated carbocycles. The number of primary amides is 1. The fourth-order valence-electron chi connectivity index (χ4n) is 2.11. The molecule has 3 N–H and O–H groups in total. The number of esters is 1. The summed E-state index contributed by atoms with van der Waals surface area (Å²) in [5, 5.41) is 10.2. The Balaban J connectivity index is 2.19. The molecule has 0 atom stereocenters. The number of benzene rings is 1. The Morgan fingerprint density at radius 1 is 1.29 bits per heavy atom. The number of hydrogen-bond donors (Lipinski definition) is 2. The van der Waals surface area contributed by atoms with Gasteiger partial charge in [-0.1, -0.05) is 12.1 Å². The first kappa shape index (κ1) is 17.3. The second-order valence-corrected chi connectivity index (χ2v) is 4.99. The second-order valence-electron chi connectivity index (χ2n) is 4.99. The van der Waals surface area contributed by atoms with Crippen LogP contribution in [0.25, 0.3) is 6.08 Å². The number of aliphatic hydroxyl groups excluding tert-OH is 1. The molecule has 1 aliphatic heterocycles. The summed E-state index contributed by atoms with van der Waals surface area (Å²) in [5.41, 5.74) is 6.50. The van der Waals surface area contributed by atoms with E-state index < -0.39 is 11.9 Å². The van der Waals surface area contributed by atoms with Crippen LogP contribution in [0.4, 0.5) is 0 Å². The van der Waals surface area contributed by atoms with Crippen molar-refractivity contribution in [1.82, 2.24) is 0 Å². The summed E-state index contributed by atoms with van der Waals surface area (Å²) >= 11 is 0. The van der Waals surface area contributed by atoms with Crippen LogP contribution in [0.3, 0.4) is 0 Å². The molecule has 2 rings (SSSR count). The molecular weight excluding hydrogens is 312 g/mol. The highest BCUT2D eigenvalue weighted by molar-refractivity contribution is 6.22. The number of aliphatic hydroxyl groups is 1. The van der Waals surface area contributed by atoms with Crippen LogP contribution in [0.2, 0.25) is 0 Å². The van der Waals surface area contributed by atoms with Gasteiger partial charge in [0.2, 0.25) is 0 Å². The van der Waals surface area contributed by atoms with Crippen molar-refractivity contribution in [3.63, 3.8) is 0 Å². The van der Waals surface area contributed by atoms with E-state index in [1.165, 1.54) is 0 Å². The van der Waals surface area contributed by atoms with Gasteiger partial charge >= 0.3 is 5.97 Å². The Morgan fingerprint density at radius 2 is 1.96 bits per heavy atom. The highest BCUT2D eigenvalue weighted by atomic mass is 16.5. The molecule has 0 fully saturated rings. The number of carbonyl (C=O) groups excluding carboxylic acids is 2. The molecule has 24 heavy (non-hydrogen) atoms. The molecule has 7 heteroatoms. The molecule has 1 heterocycles. The van der Waals surface area contributed by atoms with Crippen LogP contribution in [-0.2, 0) is 14.3 Å². The Bertz CT molecular complexity index is 745.